The minimum absolute atomic E-state index is 1.12. The molecule has 0 bridgehead atoms. The Morgan fingerprint density at radius 3 is 0.914 bits per heavy atom. The molecule has 0 saturated heterocycles. The van der Waals surface area contributed by atoms with Crippen LogP contribution in [0.4, 0.5) is 34.1 Å². The Labute approximate surface area is 404 Å². The van der Waals surface area contributed by atoms with Gasteiger partial charge in [0.05, 0.1) is 33.1 Å². The molecule has 70 heavy (non-hydrogen) atoms. The van der Waals surface area contributed by atoms with Gasteiger partial charge in [0.1, 0.15) is 0 Å². The normalized spacial score (nSPS) is 12.0. The van der Waals surface area contributed by atoms with E-state index in [4.69, 9.17) is 0 Å². The van der Waals surface area contributed by atoms with Gasteiger partial charge in [0.25, 0.3) is 0 Å². The summed E-state index contributed by atoms with van der Waals surface area (Å²) in [6, 6.07) is 93.2. The zero-order chi connectivity index (χ0) is 45.9. The monoisotopic (exact) mass is 890 g/mol. The highest BCUT2D eigenvalue weighted by Crippen LogP contribution is 2.47. The van der Waals surface area contributed by atoms with Crippen molar-refractivity contribution in [1.82, 2.24) is 8.80 Å². The van der Waals surface area contributed by atoms with E-state index in [0.29, 0.717) is 0 Å². The number of benzene rings is 11. The summed E-state index contributed by atoms with van der Waals surface area (Å²) in [6.45, 7) is 0. The van der Waals surface area contributed by atoms with E-state index in [1.807, 2.05) is 0 Å². The lowest BCUT2D eigenvalue weighted by atomic mass is 10.0. The van der Waals surface area contributed by atoms with Crippen LogP contribution in [0.15, 0.2) is 255 Å². The number of hydrogen-bond donors (Lipinski definition) is 0. The third-order valence-corrected chi connectivity index (χ3v) is 14.7. The molecule has 326 valence electrons. The lowest BCUT2D eigenvalue weighted by Crippen LogP contribution is -2.09. The van der Waals surface area contributed by atoms with Crippen molar-refractivity contribution in [3.63, 3.8) is 0 Å². The van der Waals surface area contributed by atoms with Gasteiger partial charge in [-0.25, -0.2) is 0 Å². The first-order valence-corrected chi connectivity index (χ1v) is 24.1. The highest BCUT2D eigenvalue weighted by molar-refractivity contribution is 6.29. The molecule has 0 aliphatic rings. The van der Waals surface area contributed by atoms with Gasteiger partial charge in [0, 0.05) is 77.2 Å². The minimum atomic E-state index is 1.12. The summed E-state index contributed by atoms with van der Waals surface area (Å²) in [6.07, 6.45) is 0. The van der Waals surface area contributed by atoms with E-state index in [1.165, 1.54) is 98.4 Å². The van der Waals surface area contributed by atoms with E-state index in [2.05, 4.69) is 273 Å². The lowest BCUT2D eigenvalue weighted by molar-refractivity contribution is 1.28. The van der Waals surface area contributed by atoms with Crippen molar-refractivity contribution in [2.24, 2.45) is 0 Å². The van der Waals surface area contributed by atoms with Crippen molar-refractivity contribution in [3.05, 3.63) is 255 Å². The topological polar surface area (TPSA) is 15.3 Å². The summed E-state index contributed by atoms with van der Waals surface area (Å²) < 4.78 is 5.04. The Balaban J connectivity index is 0.901. The van der Waals surface area contributed by atoms with E-state index in [0.717, 1.165) is 34.1 Å². The Morgan fingerprint density at radius 1 is 0.200 bits per heavy atom. The Hall–Kier alpha value is -9.38. The van der Waals surface area contributed by atoms with Gasteiger partial charge in [-0.15, -0.1) is 0 Å². The Bertz CT molecular complexity index is 4170. The average Bonchev–Trinajstić information content (AvgIpc) is 4.15. The quantitative estimate of drug-likeness (QED) is 0.151. The number of aromatic nitrogens is 2. The van der Waals surface area contributed by atoms with Crippen LogP contribution in [0.5, 0.6) is 0 Å². The van der Waals surface area contributed by atoms with E-state index in [9.17, 15) is 0 Å². The van der Waals surface area contributed by atoms with Crippen LogP contribution in [0, 0.1) is 0 Å². The molecular weight excluding hydrogens is 849 g/mol. The molecule has 0 aliphatic heterocycles. The van der Waals surface area contributed by atoms with E-state index in [-0.39, 0.29) is 0 Å². The van der Waals surface area contributed by atoms with Crippen molar-refractivity contribution in [2.75, 3.05) is 9.80 Å². The average molecular weight is 891 g/mol. The van der Waals surface area contributed by atoms with Crippen LogP contribution in [0.25, 0.3) is 98.4 Å². The fourth-order valence-electron chi connectivity index (χ4n) is 11.7. The van der Waals surface area contributed by atoms with Gasteiger partial charge in [-0.1, -0.05) is 158 Å². The molecular formula is C66H42N4. The van der Waals surface area contributed by atoms with Gasteiger partial charge >= 0.3 is 0 Å². The van der Waals surface area contributed by atoms with Crippen molar-refractivity contribution < 1.29 is 0 Å². The molecule has 0 N–H and O–H groups in total. The molecule has 0 amide bonds. The van der Waals surface area contributed by atoms with Crippen LogP contribution < -0.4 is 9.80 Å². The molecule has 0 unspecified atom stereocenters. The number of rotatable bonds is 8. The molecule has 4 heteroatoms. The molecule has 4 aromatic heterocycles. The Kier molecular flexibility index (Phi) is 8.33. The molecule has 0 radical (unpaired) electrons. The van der Waals surface area contributed by atoms with E-state index >= 15 is 0 Å². The van der Waals surface area contributed by atoms with Crippen molar-refractivity contribution in [1.29, 1.82) is 0 Å². The van der Waals surface area contributed by atoms with Crippen molar-refractivity contribution in [3.8, 4) is 22.3 Å². The standard InChI is InChI=1S/C66H42N4/c1-5-17-43(18-6-1)45-21-13-27-49(37-45)67(47-23-9-3-10-24-47)51-33-35-61-57(39-51)53-29-15-31-55-59-42-64-60(41-63(59)69(61)65(53)55)56-32-16-30-54-58-40-52(34-36-62(58)70(64)66(54)56)68(48-25-11-4-12-26-48)50-28-14-22-46(38-50)44-19-7-2-8-20-44/h1-42H. The van der Waals surface area contributed by atoms with Gasteiger partial charge in [0.15, 0.2) is 0 Å². The molecule has 11 aromatic carbocycles. The fraction of sp³-hybridized carbons (Fsp3) is 0. The van der Waals surface area contributed by atoms with Gasteiger partial charge in [0.2, 0.25) is 0 Å². The first-order chi connectivity index (χ1) is 34.7. The summed E-state index contributed by atoms with van der Waals surface area (Å²) in [5.74, 6) is 0. The summed E-state index contributed by atoms with van der Waals surface area (Å²) in [7, 11) is 0. The first-order valence-electron chi connectivity index (χ1n) is 24.1. The summed E-state index contributed by atoms with van der Waals surface area (Å²) in [5.41, 5.74) is 18.9. The molecule has 4 heterocycles. The number of para-hydroxylation sites is 4. The second-order valence-corrected chi connectivity index (χ2v) is 18.5. The molecule has 0 atom stereocenters. The number of anilines is 6. The highest BCUT2D eigenvalue weighted by atomic mass is 15.1. The molecule has 15 aromatic rings. The van der Waals surface area contributed by atoms with E-state index in [1.54, 1.807) is 0 Å². The third kappa shape index (κ3) is 5.71. The van der Waals surface area contributed by atoms with Crippen LogP contribution in [0.1, 0.15) is 0 Å². The third-order valence-electron chi connectivity index (χ3n) is 14.7. The van der Waals surface area contributed by atoms with Crippen molar-refractivity contribution in [2.45, 2.75) is 0 Å². The van der Waals surface area contributed by atoms with Crippen LogP contribution in [-0.2, 0) is 0 Å². The lowest BCUT2D eigenvalue weighted by Gasteiger charge is -2.26. The molecule has 0 saturated carbocycles. The predicted octanol–water partition coefficient (Wildman–Crippen LogP) is 18.3. The fourth-order valence-corrected chi connectivity index (χ4v) is 11.7. The molecule has 4 nitrogen and oxygen atoms in total. The number of nitrogens with zero attached hydrogens (tertiary/aromatic N) is 4. The van der Waals surface area contributed by atoms with Gasteiger partial charge in [-0.05, 0) is 119 Å². The maximum atomic E-state index is 2.52. The summed E-state index contributed by atoms with van der Waals surface area (Å²) in [5, 5.41) is 10.1. The maximum absolute atomic E-state index is 2.52. The largest absolute Gasteiger partial charge is 0.310 e. The SMILES string of the molecule is c1ccc(-c2cccc(N(c3ccccc3)c3ccc4c(c3)c3cccc5c6cc7c(cc6n4c35)c3cccc4c5cc(N(c6ccccc6)c6cccc(-c8ccccc8)c6)ccc5n7c43)c2)cc1. The summed E-state index contributed by atoms with van der Waals surface area (Å²) in [4.78, 5) is 4.77. The van der Waals surface area contributed by atoms with Gasteiger partial charge in [-0.2, -0.15) is 0 Å². The minimum Gasteiger partial charge on any atom is -0.310 e. The number of fused-ring (bicyclic) bond motifs is 12. The van der Waals surface area contributed by atoms with Crippen LogP contribution in [-0.4, -0.2) is 8.80 Å². The van der Waals surface area contributed by atoms with Crippen molar-refractivity contribution >= 4 is 110 Å². The Morgan fingerprint density at radius 2 is 0.514 bits per heavy atom. The second kappa shape index (κ2) is 15.1. The summed E-state index contributed by atoms with van der Waals surface area (Å²) >= 11 is 0. The molecule has 15 rings (SSSR count). The molecule has 0 aliphatic carbocycles. The predicted molar refractivity (Wildman–Crippen MR) is 296 cm³/mol. The van der Waals surface area contributed by atoms with Gasteiger partial charge < -0.3 is 18.6 Å². The number of hydrogen-bond acceptors (Lipinski definition) is 2. The zero-order valence-corrected chi connectivity index (χ0v) is 38.0. The maximum Gasteiger partial charge on any atom is 0.0620 e. The smallest absolute Gasteiger partial charge is 0.0620 e. The van der Waals surface area contributed by atoms with Crippen LogP contribution >= 0.6 is 0 Å². The van der Waals surface area contributed by atoms with Crippen LogP contribution in [0.3, 0.4) is 0 Å². The van der Waals surface area contributed by atoms with E-state index < -0.39 is 0 Å². The van der Waals surface area contributed by atoms with Gasteiger partial charge in [-0.3, -0.25) is 0 Å². The first kappa shape index (κ1) is 38.7. The molecule has 0 spiro atoms. The molecule has 0 fully saturated rings. The highest BCUT2D eigenvalue weighted by Gasteiger charge is 2.24. The van der Waals surface area contributed by atoms with Crippen LogP contribution in [0.2, 0.25) is 0 Å². The second-order valence-electron chi connectivity index (χ2n) is 18.5. The zero-order valence-electron chi connectivity index (χ0n) is 38.0.